The van der Waals surface area contributed by atoms with Crippen molar-refractivity contribution in [1.82, 2.24) is 19.9 Å². The number of anilines is 1. The summed E-state index contributed by atoms with van der Waals surface area (Å²) in [5.41, 5.74) is -0.445. The van der Waals surface area contributed by atoms with E-state index in [1.165, 1.54) is 10.8 Å². The molecule has 1 aromatic carbocycles. The SMILES string of the molecule is CCCCOC(C)(C)C(=O)Nc1ncnn2c([C@@H]3O[C@H](COC(=O)Cc4ccccc4)[C@@H](OC(=O)[C@@H](NC(=O)OC(C)(C)C)C(C)C)[C@H]3O)ccc12. The van der Waals surface area contributed by atoms with E-state index in [4.69, 9.17) is 23.7 Å². The van der Waals surface area contributed by atoms with E-state index >= 15 is 0 Å². The first-order valence-corrected chi connectivity index (χ1v) is 17.5. The van der Waals surface area contributed by atoms with Gasteiger partial charge in [-0.15, -0.1) is 0 Å². The number of hydrogen-bond acceptors (Lipinski definition) is 12. The predicted molar refractivity (Wildman–Crippen MR) is 189 cm³/mol. The zero-order chi connectivity index (χ0) is 38.2. The predicted octanol–water partition coefficient (Wildman–Crippen LogP) is 4.31. The third-order valence-electron chi connectivity index (χ3n) is 8.29. The van der Waals surface area contributed by atoms with Crippen molar-refractivity contribution in [2.75, 3.05) is 18.5 Å². The first-order chi connectivity index (χ1) is 24.5. The van der Waals surface area contributed by atoms with Crippen LogP contribution in [0.4, 0.5) is 10.6 Å². The van der Waals surface area contributed by atoms with Crippen LogP contribution in [0.3, 0.4) is 0 Å². The van der Waals surface area contributed by atoms with Gasteiger partial charge >= 0.3 is 18.0 Å². The Bertz CT molecular complexity index is 1690. The van der Waals surface area contributed by atoms with Gasteiger partial charge in [0.25, 0.3) is 5.91 Å². The van der Waals surface area contributed by atoms with Crippen LogP contribution in [-0.4, -0.2) is 92.4 Å². The number of esters is 2. The van der Waals surface area contributed by atoms with E-state index in [1.54, 1.807) is 84.9 Å². The molecule has 0 unspecified atom stereocenters. The van der Waals surface area contributed by atoms with Crippen LogP contribution in [-0.2, 0) is 44.5 Å². The number of hydrogen-bond donors (Lipinski definition) is 3. The van der Waals surface area contributed by atoms with Gasteiger partial charge in [0.2, 0.25) is 0 Å². The summed E-state index contributed by atoms with van der Waals surface area (Å²) in [6.45, 7) is 14.0. The van der Waals surface area contributed by atoms with E-state index in [0.29, 0.717) is 17.8 Å². The Hall–Kier alpha value is -4.60. The van der Waals surface area contributed by atoms with Crippen LogP contribution < -0.4 is 10.6 Å². The highest BCUT2D eigenvalue weighted by Crippen LogP contribution is 2.37. The highest BCUT2D eigenvalue weighted by atomic mass is 16.6. The van der Waals surface area contributed by atoms with Gasteiger partial charge in [-0.05, 0) is 64.7 Å². The number of aromatic nitrogens is 3. The van der Waals surface area contributed by atoms with Crippen LogP contribution in [0.2, 0.25) is 0 Å². The average molecular weight is 726 g/mol. The Morgan fingerprint density at radius 1 is 1.04 bits per heavy atom. The summed E-state index contributed by atoms with van der Waals surface area (Å²) in [5, 5.41) is 21.4. The molecule has 1 aliphatic heterocycles. The summed E-state index contributed by atoms with van der Waals surface area (Å²) in [4.78, 5) is 56.4. The summed E-state index contributed by atoms with van der Waals surface area (Å²) < 4.78 is 30.2. The third kappa shape index (κ3) is 10.5. The normalized spacial score (nSPS) is 19.7. The standard InChI is InChI=1S/C37H51N5O10/c1-9-10-18-49-37(7,8)34(46)41-32-25-17-16-24(42(25)39-21-38-32)30-29(44)31(26(50-30)20-48-27(43)19-23-14-12-11-13-15-23)51-33(45)28(22(2)3)40-35(47)52-36(4,5)6/h11-17,21-22,26,28-31,44H,9-10,18-20H2,1-8H3,(H,40,47)(H,38,39,41,46)/t26-,28+,29+,30+,31-/m1/s1. The lowest BCUT2D eigenvalue weighted by Crippen LogP contribution is -2.50. The van der Waals surface area contributed by atoms with Crippen molar-refractivity contribution in [1.29, 1.82) is 0 Å². The molecular formula is C37H51N5O10. The molecule has 3 aromatic rings. The number of aliphatic hydroxyl groups excluding tert-OH is 1. The zero-order valence-corrected chi connectivity index (χ0v) is 31.1. The minimum atomic E-state index is -1.46. The molecule has 3 N–H and O–H groups in total. The smallest absolute Gasteiger partial charge is 0.408 e. The van der Waals surface area contributed by atoms with Crippen molar-refractivity contribution in [3.05, 3.63) is 60.0 Å². The fourth-order valence-electron chi connectivity index (χ4n) is 5.45. The van der Waals surface area contributed by atoms with Crippen molar-refractivity contribution in [2.45, 2.75) is 116 Å². The van der Waals surface area contributed by atoms with E-state index in [0.717, 1.165) is 18.4 Å². The molecule has 0 saturated carbocycles. The van der Waals surface area contributed by atoms with E-state index < -0.39 is 71.5 Å². The number of rotatable bonds is 15. The molecule has 2 aromatic heterocycles. The number of fused-ring (bicyclic) bond motifs is 1. The average Bonchev–Trinajstić information content (AvgIpc) is 3.63. The van der Waals surface area contributed by atoms with Crippen LogP contribution in [0.1, 0.15) is 85.6 Å². The third-order valence-corrected chi connectivity index (χ3v) is 8.29. The van der Waals surface area contributed by atoms with Gasteiger partial charge in [0, 0.05) is 6.61 Å². The number of alkyl carbamates (subject to hydrolysis) is 1. The van der Waals surface area contributed by atoms with Gasteiger partial charge in [-0.1, -0.05) is 57.5 Å². The number of nitrogens with zero attached hydrogens (tertiary/aromatic N) is 3. The van der Waals surface area contributed by atoms with E-state index in [9.17, 15) is 24.3 Å². The van der Waals surface area contributed by atoms with Crippen molar-refractivity contribution in [3.63, 3.8) is 0 Å². The minimum absolute atomic E-state index is 0.00552. The largest absolute Gasteiger partial charge is 0.463 e. The van der Waals surface area contributed by atoms with Crippen LogP contribution in [0.25, 0.3) is 5.52 Å². The summed E-state index contributed by atoms with van der Waals surface area (Å²) >= 11 is 0. The molecule has 1 aliphatic rings. The highest BCUT2D eigenvalue weighted by Gasteiger charge is 2.49. The summed E-state index contributed by atoms with van der Waals surface area (Å²) in [5.74, 6) is -2.01. The Labute approximate surface area is 303 Å². The molecule has 5 atom stereocenters. The minimum Gasteiger partial charge on any atom is -0.463 e. The Kier molecular flexibility index (Phi) is 13.3. The lowest BCUT2D eigenvalue weighted by atomic mass is 10.0. The first-order valence-electron chi connectivity index (χ1n) is 17.5. The molecule has 0 radical (unpaired) electrons. The molecule has 1 fully saturated rings. The second-order valence-corrected chi connectivity index (χ2v) is 14.5. The second-order valence-electron chi connectivity index (χ2n) is 14.5. The van der Waals surface area contributed by atoms with Crippen LogP contribution in [0, 0.1) is 5.92 Å². The summed E-state index contributed by atoms with van der Waals surface area (Å²) in [7, 11) is 0. The van der Waals surface area contributed by atoms with Crippen LogP contribution >= 0.6 is 0 Å². The fraction of sp³-hybridized carbons (Fsp3) is 0.568. The molecule has 0 spiro atoms. The van der Waals surface area contributed by atoms with E-state index in [2.05, 4.69) is 20.7 Å². The Morgan fingerprint density at radius 2 is 1.75 bits per heavy atom. The Balaban J connectivity index is 1.58. The highest BCUT2D eigenvalue weighted by molar-refractivity contribution is 5.98. The van der Waals surface area contributed by atoms with Crippen molar-refractivity contribution >= 4 is 35.3 Å². The van der Waals surface area contributed by atoms with Gasteiger partial charge in [-0.25, -0.2) is 19.1 Å². The number of amides is 2. The fourth-order valence-corrected chi connectivity index (χ4v) is 5.45. The topological polar surface area (TPSA) is 189 Å². The number of carbonyl (C=O) groups is 4. The van der Waals surface area contributed by atoms with E-state index in [-0.39, 0.29) is 18.8 Å². The molecule has 0 aliphatic carbocycles. The number of aliphatic hydroxyl groups is 1. The number of unbranched alkanes of at least 4 members (excludes halogenated alkanes) is 1. The molecule has 4 rings (SSSR count). The lowest BCUT2D eigenvalue weighted by molar-refractivity contribution is -0.163. The van der Waals surface area contributed by atoms with Crippen LogP contribution in [0.5, 0.6) is 0 Å². The van der Waals surface area contributed by atoms with Gasteiger partial charge in [0.1, 0.15) is 54.0 Å². The van der Waals surface area contributed by atoms with Crippen molar-refractivity contribution in [3.8, 4) is 0 Å². The number of carbonyl (C=O) groups excluding carboxylic acids is 4. The zero-order valence-electron chi connectivity index (χ0n) is 31.1. The first kappa shape index (κ1) is 40.2. The molecule has 284 valence electrons. The molecule has 0 bridgehead atoms. The Morgan fingerprint density at radius 3 is 2.40 bits per heavy atom. The molecule has 2 amide bonds. The van der Waals surface area contributed by atoms with Crippen molar-refractivity contribution < 1.29 is 48.0 Å². The monoisotopic (exact) mass is 725 g/mol. The maximum absolute atomic E-state index is 13.6. The number of nitrogens with one attached hydrogen (secondary N) is 2. The van der Waals surface area contributed by atoms with E-state index in [1.807, 2.05) is 13.0 Å². The van der Waals surface area contributed by atoms with Gasteiger partial charge in [-0.2, -0.15) is 5.10 Å². The van der Waals surface area contributed by atoms with Gasteiger partial charge in [0.15, 0.2) is 11.9 Å². The molecule has 52 heavy (non-hydrogen) atoms. The maximum atomic E-state index is 13.6. The van der Waals surface area contributed by atoms with Gasteiger partial charge < -0.3 is 39.4 Å². The number of ether oxygens (including phenoxy) is 5. The molecular weight excluding hydrogens is 674 g/mol. The molecule has 15 nitrogen and oxygen atoms in total. The lowest BCUT2D eigenvalue weighted by Gasteiger charge is -2.27. The van der Waals surface area contributed by atoms with Crippen molar-refractivity contribution in [2.24, 2.45) is 5.92 Å². The molecule has 1 saturated heterocycles. The van der Waals surface area contributed by atoms with Gasteiger partial charge in [0.05, 0.1) is 12.1 Å². The summed E-state index contributed by atoms with van der Waals surface area (Å²) in [6.07, 6.45) is -2.86. The number of benzene rings is 1. The van der Waals surface area contributed by atoms with Crippen LogP contribution in [0.15, 0.2) is 48.8 Å². The van der Waals surface area contributed by atoms with Gasteiger partial charge in [-0.3, -0.25) is 9.59 Å². The second kappa shape index (κ2) is 17.3. The molecule has 3 heterocycles. The molecule has 15 heteroatoms. The maximum Gasteiger partial charge on any atom is 0.408 e. The quantitative estimate of drug-likeness (QED) is 0.115. The summed E-state index contributed by atoms with van der Waals surface area (Å²) in [6, 6.07) is 11.2.